The van der Waals surface area contributed by atoms with E-state index in [9.17, 15) is 4.79 Å². The number of amides is 1. The number of carbonyl (C=O) groups is 1. The highest BCUT2D eigenvalue weighted by Crippen LogP contribution is 2.10. The molecule has 5 heteroatoms. The van der Waals surface area contributed by atoms with Crippen molar-refractivity contribution in [3.8, 4) is 0 Å². The van der Waals surface area contributed by atoms with Gasteiger partial charge in [-0.25, -0.2) is 5.43 Å². The number of hydrogen-bond acceptors (Lipinski definition) is 3. The van der Waals surface area contributed by atoms with E-state index in [0.29, 0.717) is 16.3 Å². The van der Waals surface area contributed by atoms with Crippen molar-refractivity contribution in [1.29, 1.82) is 0 Å². The van der Waals surface area contributed by atoms with Crippen LogP contribution in [0.15, 0.2) is 53.6 Å². The highest BCUT2D eigenvalue weighted by molar-refractivity contribution is 6.30. The summed E-state index contributed by atoms with van der Waals surface area (Å²) in [6.45, 7) is 0. The molecule has 0 fully saturated rings. The molecule has 0 atom stereocenters. The molecule has 1 amide bonds. The second-order valence-corrected chi connectivity index (χ2v) is 4.27. The summed E-state index contributed by atoms with van der Waals surface area (Å²) < 4.78 is 0. The lowest BCUT2D eigenvalue weighted by molar-refractivity contribution is 0.0956. The van der Waals surface area contributed by atoms with Crippen LogP contribution in [0.25, 0.3) is 0 Å². The Kier molecular flexibility index (Phi) is 4.15. The van der Waals surface area contributed by atoms with E-state index in [1.165, 1.54) is 6.21 Å². The number of carbonyl (C=O) groups excluding carboxylic acids is 1. The lowest BCUT2D eigenvalue weighted by atomic mass is 10.2. The topological polar surface area (TPSA) is 67.5 Å². The van der Waals surface area contributed by atoms with Crippen molar-refractivity contribution in [2.24, 2.45) is 5.10 Å². The second kappa shape index (κ2) is 6.02. The van der Waals surface area contributed by atoms with Crippen LogP contribution in [-0.2, 0) is 0 Å². The average molecular weight is 274 g/mol. The third kappa shape index (κ3) is 3.56. The van der Waals surface area contributed by atoms with Gasteiger partial charge in [0.15, 0.2) is 0 Å². The van der Waals surface area contributed by atoms with Crippen LogP contribution in [0.3, 0.4) is 0 Å². The largest absolute Gasteiger partial charge is 0.398 e. The van der Waals surface area contributed by atoms with Crippen LogP contribution in [-0.4, -0.2) is 12.1 Å². The number of anilines is 1. The van der Waals surface area contributed by atoms with Crippen molar-refractivity contribution in [2.45, 2.75) is 0 Å². The first kappa shape index (κ1) is 13.1. The standard InChI is InChI=1S/C14H12ClN3O/c15-11-7-5-10(6-8-11)9-17-18-14(19)12-3-1-2-4-13(12)16/h1-9H,16H2,(H,18,19)/b17-9+. The smallest absolute Gasteiger partial charge is 0.273 e. The number of nitrogens with zero attached hydrogens (tertiary/aromatic N) is 1. The molecule has 2 aromatic rings. The fraction of sp³-hybridized carbons (Fsp3) is 0. The van der Waals surface area contributed by atoms with Gasteiger partial charge in [0, 0.05) is 10.7 Å². The molecule has 0 spiro atoms. The predicted octanol–water partition coefficient (Wildman–Crippen LogP) is 2.69. The van der Waals surface area contributed by atoms with E-state index in [1.54, 1.807) is 48.5 Å². The van der Waals surface area contributed by atoms with Crippen LogP contribution >= 0.6 is 11.6 Å². The number of nitrogen functional groups attached to an aromatic ring is 1. The Balaban J connectivity index is 2.01. The first-order valence-electron chi connectivity index (χ1n) is 5.60. The van der Waals surface area contributed by atoms with Crippen LogP contribution in [0, 0.1) is 0 Å². The van der Waals surface area contributed by atoms with Gasteiger partial charge in [0.25, 0.3) is 5.91 Å². The Labute approximate surface area is 115 Å². The van der Waals surface area contributed by atoms with Crippen molar-refractivity contribution in [3.63, 3.8) is 0 Å². The minimum Gasteiger partial charge on any atom is -0.398 e. The van der Waals surface area contributed by atoms with Crippen LogP contribution in [0.5, 0.6) is 0 Å². The van der Waals surface area contributed by atoms with Crippen molar-refractivity contribution in [1.82, 2.24) is 5.43 Å². The van der Waals surface area contributed by atoms with Gasteiger partial charge >= 0.3 is 0 Å². The van der Waals surface area contributed by atoms with Gasteiger partial charge in [0.2, 0.25) is 0 Å². The normalized spacial score (nSPS) is 10.6. The molecule has 0 saturated carbocycles. The predicted molar refractivity (Wildman–Crippen MR) is 77.4 cm³/mol. The van der Waals surface area contributed by atoms with Crippen molar-refractivity contribution in [3.05, 3.63) is 64.7 Å². The Morgan fingerprint density at radius 2 is 1.84 bits per heavy atom. The minimum absolute atomic E-state index is 0.344. The minimum atomic E-state index is -0.344. The van der Waals surface area contributed by atoms with Gasteiger partial charge in [-0.2, -0.15) is 5.10 Å². The molecule has 19 heavy (non-hydrogen) atoms. The van der Waals surface area contributed by atoms with Gasteiger partial charge in [0.05, 0.1) is 11.8 Å². The van der Waals surface area contributed by atoms with E-state index in [2.05, 4.69) is 10.5 Å². The fourth-order valence-corrected chi connectivity index (χ4v) is 1.60. The lowest BCUT2D eigenvalue weighted by Crippen LogP contribution is -2.18. The summed E-state index contributed by atoms with van der Waals surface area (Å²) in [5, 5.41) is 4.52. The third-order valence-electron chi connectivity index (χ3n) is 2.46. The molecule has 0 radical (unpaired) electrons. The molecule has 2 aromatic carbocycles. The average Bonchev–Trinajstić information content (AvgIpc) is 2.41. The third-order valence-corrected chi connectivity index (χ3v) is 2.71. The molecule has 0 aliphatic heterocycles. The lowest BCUT2D eigenvalue weighted by Gasteiger charge is -2.02. The van der Waals surface area contributed by atoms with Gasteiger partial charge in [-0.1, -0.05) is 35.9 Å². The number of para-hydroxylation sites is 1. The van der Waals surface area contributed by atoms with E-state index >= 15 is 0 Å². The molecule has 0 aliphatic carbocycles. The maximum Gasteiger partial charge on any atom is 0.273 e. The molecule has 0 unspecified atom stereocenters. The van der Waals surface area contributed by atoms with Gasteiger partial charge in [-0.15, -0.1) is 0 Å². The molecule has 4 nitrogen and oxygen atoms in total. The summed E-state index contributed by atoms with van der Waals surface area (Å²) in [7, 11) is 0. The highest BCUT2D eigenvalue weighted by Gasteiger charge is 2.06. The molecule has 0 aliphatic rings. The first-order valence-corrected chi connectivity index (χ1v) is 5.98. The Hall–Kier alpha value is -2.33. The second-order valence-electron chi connectivity index (χ2n) is 3.84. The zero-order chi connectivity index (χ0) is 13.7. The Bertz CT molecular complexity index is 608. The molecule has 3 N–H and O–H groups in total. The molecular weight excluding hydrogens is 262 g/mol. The van der Waals surface area contributed by atoms with Crippen molar-refractivity contribution in [2.75, 3.05) is 5.73 Å². The van der Waals surface area contributed by atoms with Crippen LogP contribution in [0.4, 0.5) is 5.69 Å². The maximum atomic E-state index is 11.8. The van der Waals surface area contributed by atoms with Gasteiger partial charge in [0.1, 0.15) is 0 Å². The molecule has 0 saturated heterocycles. The first-order chi connectivity index (χ1) is 9.16. The van der Waals surface area contributed by atoms with E-state index in [-0.39, 0.29) is 5.91 Å². The summed E-state index contributed by atoms with van der Waals surface area (Å²) in [5.74, 6) is -0.344. The number of halogens is 1. The summed E-state index contributed by atoms with van der Waals surface area (Å²) in [6, 6.07) is 13.9. The van der Waals surface area contributed by atoms with Gasteiger partial charge in [-0.3, -0.25) is 4.79 Å². The number of hydrogen-bond donors (Lipinski definition) is 2. The van der Waals surface area contributed by atoms with Gasteiger partial charge < -0.3 is 5.73 Å². The molecular formula is C14H12ClN3O. The number of rotatable bonds is 3. The number of nitrogens with two attached hydrogens (primary N) is 1. The number of hydrazone groups is 1. The fourth-order valence-electron chi connectivity index (χ4n) is 1.48. The molecule has 0 aromatic heterocycles. The highest BCUT2D eigenvalue weighted by atomic mass is 35.5. The SMILES string of the molecule is Nc1ccccc1C(=O)N/N=C/c1ccc(Cl)cc1. The van der Waals surface area contributed by atoms with Crippen LogP contribution in [0.2, 0.25) is 5.02 Å². The maximum absolute atomic E-state index is 11.8. The van der Waals surface area contributed by atoms with Crippen LogP contribution in [0.1, 0.15) is 15.9 Å². The summed E-state index contributed by atoms with van der Waals surface area (Å²) in [6.07, 6.45) is 1.54. The van der Waals surface area contributed by atoms with Crippen LogP contribution < -0.4 is 11.2 Å². The van der Waals surface area contributed by atoms with Crippen molar-refractivity contribution < 1.29 is 4.79 Å². The van der Waals surface area contributed by atoms with Crippen molar-refractivity contribution >= 4 is 29.4 Å². The van der Waals surface area contributed by atoms with Gasteiger partial charge in [-0.05, 0) is 29.8 Å². The van der Waals surface area contributed by atoms with E-state index < -0.39 is 0 Å². The quantitative estimate of drug-likeness (QED) is 0.513. The molecule has 0 heterocycles. The zero-order valence-corrected chi connectivity index (χ0v) is 10.8. The summed E-state index contributed by atoms with van der Waals surface area (Å²) in [5.41, 5.74) is 9.77. The molecule has 0 bridgehead atoms. The molecule has 2 rings (SSSR count). The summed E-state index contributed by atoms with van der Waals surface area (Å²) in [4.78, 5) is 11.8. The number of nitrogens with one attached hydrogen (secondary N) is 1. The van der Waals surface area contributed by atoms with E-state index in [1.807, 2.05) is 0 Å². The Morgan fingerprint density at radius 3 is 2.53 bits per heavy atom. The molecule has 96 valence electrons. The Morgan fingerprint density at radius 1 is 1.16 bits per heavy atom. The number of benzene rings is 2. The van der Waals surface area contributed by atoms with E-state index in [4.69, 9.17) is 17.3 Å². The summed E-state index contributed by atoms with van der Waals surface area (Å²) >= 11 is 5.77. The zero-order valence-electron chi connectivity index (χ0n) is 10.0. The van der Waals surface area contributed by atoms with E-state index in [0.717, 1.165) is 5.56 Å². The monoisotopic (exact) mass is 273 g/mol.